The molecule has 5 aliphatic rings. The molecule has 16 heteroatoms. The fourth-order valence-corrected chi connectivity index (χ4v) is 9.83. The summed E-state index contributed by atoms with van der Waals surface area (Å²) in [6, 6.07) is 5.67. The quantitative estimate of drug-likeness (QED) is 0.180. The third kappa shape index (κ3) is 7.25. The lowest BCUT2D eigenvalue weighted by Gasteiger charge is -2.68. The standard InChI is InChI=1S/C41H53F2NO13/c1-10-25-53-29-26-20(2)23(52-35(48)28(46)27(33(42)43)44-36(49)57-37(4,5)6)18-41(50,38(26,7)8)32(55-34(47)22-14-12-11-13-15-22)30-39(9,31(29)54-25)17-16-24-40(30,19-51-24)56-21(3)45/h10-15,23-25,27-33,46,50H,1,16-19H2,2-9H3,(H,44,49)/t23-,24+,25+,27+,28+,29+,30-,31+,32-,39+,40-,41+/m0/s1. The number of amides is 1. The Morgan fingerprint density at radius 2 is 1.74 bits per heavy atom. The minimum absolute atomic E-state index is 0.0947. The van der Waals surface area contributed by atoms with E-state index in [0.717, 1.165) is 0 Å². The summed E-state index contributed by atoms with van der Waals surface area (Å²) in [5.41, 5.74) is -6.17. The maximum Gasteiger partial charge on any atom is 0.408 e. The Hall–Kier alpha value is -3.96. The lowest BCUT2D eigenvalue weighted by molar-refractivity contribution is -0.345. The second-order valence-corrected chi connectivity index (χ2v) is 17.5. The zero-order chi connectivity index (χ0) is 42.0. The van der Waals surface area contributed by atoms with E-state index in [1.165, 1.54) is 33.8 Å². The zero-order valence-corrected chi connectivity index (χ0v) is 33.4. The predicted octanol–water partition coefficient (Wildman–Crippen LogP) is 4.55. The highest BCUT2D eigenvalue weighted by Crippen LogP contribution is 2.66. The van der Waals surface area contributed by atoms with Crippen LogP contribution in [0.25, 0.3) is 0 Å². The molecule has 12 atom stereocenters. The van der Waals surface area contributed by atoms with E-state index in [-0.39, 0.29) is 12.2 Å². The first kappa shape index (κ1) is 42.6. The smallest absolute Gasteiger partial charge is 0.408 e. The van der Waals surface area contributed by atoms with Crippen LogP contribution in [0.15, 0.2) is 54.1 Å². The van der Waals surface area contributed by atoms with E-state index < -0.39 is 119 Å². The number of hydrogen-bond donors (Lipinski definition) is 3. The number of ether oxygens (including phenoxy) is 7. The molecule has 0 unspecified atom stereocenters. The molecule has 2 bridgehead atoms. The number of esters is 3. The van der Waals surface area contributed by atoms with Crippen molar-refractivity contribution in [3.8, 4) is 0 Å². The number of carbonyl (C=O) groups excluding carboxylic acids is 4. The number of aliphatic hydroxyl groups excluding tert-OH is 1. The first-order valence-corrected chi connectivity index (χ1v) is 19.1. The van der Waals surface area contributed by atoms with Gasteiger partial charge in [-0.25, -0.2) is 23.2 Å². The molecule has 14 nitrogen and oxygen atoms in total. The van der Waals surface area contributed by atoms with Gasteiger partial charge < -0.3 is 48.7 Å². The summed E-state index contributed by atoms with van der Waals surface area (Å²) >= 11 is 0. The van der Waals surface area contributed by atoms with E-state index in [4.69, 9.17) is 33.2 Å². The molecule has 1 amide bonds. The number of carbonyl (C=O) groups is 4. The van der Waals surface area contributed by atoms with Crippen molar-refractivity contribution >= 4 is 24.0 Å². The lowest BCUT2D eigenvalue weighted by Crippen LogP contribution is -2.79. The number of nitrogens with one attached hydrogen (secondary N) is 1. The average Bonchev–Trinajstić information content (AvgIpc) is 3.54. The molecule has 4 fully saturated rings. The molecular weight excluding hydrogens is 752 g/mol. The Balaban J connectivity index is 1.51. The molecule has 3 N–H and O–H groups in total. The van der Waals surface area contributed by atoms with Crippen molar-refractivity contribution in [3.63, 3.8) is 0 Å². The molecule has 6 rings (SSSR count). The van der Waals surface area contributed by atoms with Crippen LogP contribution in [-0.2, 0) is 42.7 Å². The van der Waals surface area contributed by atoms with Crippen LogP contribution in [0.4, 0.5) is 13.6 Å². The van der Waals surface area contributed by atoms with E-state index in [1.54, 1.807) is 51.1 Å². The Morgan fingerprint density at radius 1 is 1.07 bits per heavy atom. The normalized spacial score (nSPS) is 36.4. The zero-order valence-electron chi connectivity index (χ0n) is 33.4. The summed E-state index contributed by atoms with van der Waals surface area (Å²) in [5, 5.41) is 26.4. The maximum absolute atomic E-state index is 14.3. The van der Waals surface area contributed by atoms with E-state index in [9.17, 15) is 38.2 Å². The van der Waals surface area contributed by atoms with Crippen molar-refractivity contribution in [2.75, 3.05) is 6.61 Å². The molecule has 57 heavy (non-hydrogen) atoms. The van der Waals surface area contributed by atoms with E-state index >= 15 is 0 Å². The summed E-state index contributed by atoms with van der Waals surface area (Å²) in [7, 11) is 0. The minimum atomic E-state index is -3.43. The highest BCUT2D eigenvalue weighted by atomic mass is 19.3. The van der Waals surface area contributed by atoms with Crippen LogP contribution in [-0.4, -0.2) is 113 Å². The molecule has 0 radical (unpaired) electrons. The number of halogens is 2. The first-order valence-electron chi connectivity index (χ1n) is 19.1. The van der Waals surface area contributed by atoms with E-state index in [1.807, 2.05) is 12.2 Å². The lowest BCUT2D eigenvalue weighted by atomic mass is 9.45. The molecule has 2 saturated carbocycles. The Morgan fingerprint density at radius 3 is 2.30 bits per heavy atom. The second kappa shape index (κ2) is 15.0. The summed E-state index contributed by atoms with van der Waals surface area (Å²) in [5.74, 6) is -4.00. The SMILES string of the molecule is C=C[C@@H]1O[C@@H]2C3=C(C)[C@@H](OC(=O)[C@H](O)[C@@H](NC(=O)OC(C)(C)C)C(F)F)C[C@@](O)([C@@H](OC(=O)c4ccccc4)[C@H]4[C@@](C)(CC[C@H]5OC[C@]54OC(C)=O)[C@@H]2O1)C3(C)C. The molecule has 2 aliphatic heterocycles. The van der Waals surface area contributed by atoms with Crippen LogP contribution in [0.5, 0.6) is 0 Å². The number of hydrogen-bond acceptors (Lipinski definition) is 13. The van der Waals surface area contributed by atoms with Gasteiger partial charge in [-0.15, -0.1) is 0 Å². The first-order chi connectivity index (χ1) is 26.5. The molecule has 314 valence electrons. The van der Waals surface area contributed by atoms with Crippen molar-refractivity contribution in [2.24, 2.45) is 16.7 Å². The number of aliphatic hydroxyl groups is 2. The van der Waals surface area contributed by atoms with Gasteiger partial charge in [0, 0.05) is 24.2 Å². The summed E-state index contributed by atoms with van der Waals surface area (Å²) in [6.07, 6.45) is -11.9. The Bertz CT molecular complexity index is 1800. The molecule has 2 heterocycles. The third-order valence-electron chi connectivity index (χ3n) is 12.5. The minimum Gasteiger partial charge on any atom is -0.456 e. The maximum atomic E-state index is 14.3. The average molecular weight is 806 g/mol. The second-order valence-electron chi connectivity index (χ2n) is 17.5. The molecule has 0 aromatic heterocycles. The van der Waals surface area contributed by atoms with Crippen molar-refractivity contribution in [1.82, 2.24) is 5.32 Å². The van der Waals surface area contributed by atoms with Gasteiger partial charge in [-0.2, -0.15) is 0 Å². The van der Waals surface area contributed by atoms with Crippen LogP contribution in [0.3, 0.4) is 0 Å². The highest BCUT2D eigenvalue weighted by molar-refractivity contribution is 5.89. The number of fused-ring (bicyclic) bond motifs is 8. The molecule has 0 spiro atoms. The molecule has 3 aliphatic carbocycles. The van der Waals surface area contributed by atoms with Crippen LogP contribution < -0.4 is 5.32 Å². The molecule has 1 aromatic carbocycles. The van der Waals surface area contributed by atoms with Crippen molar-refractivity contribution in [3.05, 3.63) is 59.7 Å². The van der Waals surface area contributed by atoms with Gasteiger partial charge in [0.1, 0.15) is 41.7 Å². The largest absolute Gasteiger partial charge is 0.456 e. The highest BCUT2D eigenvalue weighted by Gasteiger charge is 2.77. The summed E-state index contributed by atoms with van der Waals surface area (Å²) in [6.45, 7) is 16.6. The van der Waals surface area contributed by atoms with Gasteiger partial charge >= 0.3 is 24.0 Å². The van der Waals surface area contributed by atoms with Gasteiger partial charge in [0.15, 0.2) is 18.0 Å². The van der Waals surface area contributed by atoms with Gasteiger partial charge in [-0.05, 0) is 69.9 Å². The molecule has 2 saturated heterocycles. The van der Waals surface area contributed by atoms with Crippen molar-refractivity contribution in [1.29, 1.82) is 0 Å². The van der Waals surface area contributed by atoms with Crippen LogP contribution in [0.2, 0.25) is 0 Å². The van der Waals surface area contributed by atoms with Gasteiger partial charge in [-0.3, -0.25) is 4.79 Å². The van der Waals surface area contributed by atoms with Gasteiger partial charge in [-0.1, -0.05) is 45.5 Å². The van der Waals surface area contributed by atoms with Crippen LogP contribution >= 0.6 is 0 Å². The fraction of sp³-hybridized carbons (Fsp3) is 0.659. The van der Waals surface area contributed by atoms with Gasteiger partial charge in [0.25, 0.3) is 6.43 Å². The fourth-order valence-electron chi connectivity index (χ4n) is 9.83. The Kier molecular flexibility index (Phi) is 11.2. The van der Waals surface area contributed by atoms with Crippen molar-refractivity contribution < 1.29 is 71.3 Å². The Labute approximate surface area is 330 Å². The van der Waals surface area contributed by atoms with E-state index in [0.29, 0.717) is 24.0 Å². The number of alkyl halides is 2. The summed E-state index contributed by atoms with van der Waals surface area (Å²) < 4.78 is 71.4. The van der Waals surface area contributed by atoms with Crippen LogP contribution in [0.1, 0.15) is 85.0 Å². The van der Waals surface area contributed by atoms with Gasteiger partial charge in [0.05, 0.1) is 24.2 Å². The summed E-state index contributed by atoms with van der Waals surface area (Å²) in [4.78, 5) is 53.3. The van der Waals surface area contributed by atoms with Crippen molar-refractivity contribution in [2.45, 2.75) is 147 Å². The number of benzene rings is 1. The van der Waals surface area contributed by atoms with Crippen LogP contribution in [0, 0.1) is 16.7 Å². The van der Waals surface area contributed by atoms with Gasteiger partial charge in [0.2, 0.25) is 0 Å². The molecule has 1 aromatic rings. The number of rotatable bonds is 9. The third-order valence-corrected chi connectivity index (χ3v) is 12.5. The molecular formula is C41H53F2NO13. The van der Waals surface area contributed by atoms with E-state index in [2.05, 4.69) is 6.58 Å². The monoisotopic (exact) mass is 805 g/mol. The number of alkyl carbamates (subject to hydrolysis) is 1. The topological polar surface area (TPSA) is 185 Å². The predicted molar refractivity (Wildman–Crippen MR) is 196 cm³/mol.